The van der Waals surface area contributed by atoms with Gasteiger partial charge in [-0.15, -0.1) is 11.8 Å². The lowest BCUT2D eigenvalue weighted by Gasteiger charge is -2.06. The van der Waals surface area contributed by atoms with Crippen molar-refractivity contribution in [1.82, 2.24) is 5.32 Å². The minimum Gasteiger partial charge on any atom is -0.452 e. The van der Waals surface area contributed by atoms with Crippen molar-refractivity contribution in [1.29, 1.82) is 0 Å². The normalized spacial score (nSPS) is 10.1. The average molecular weight is 388 g/mol. The number of thioether (sulfide) groups is 1. The Morgan fingerprint density at radius 2 is 1.67 bits per heavy atom. The molecule has 0 atom stereocenters. The van der Waals surface area contributed by atoms with E-state index in [1.165, 1.54) is 23.9 Å². The van der Waals surface area contributed by atoms with Crippen molar-refractivity contribution >= 4 is 35.2 Å². The first-order valence-corrected chi connectivity index (χ1v) is 8.86. The van der Waals surface area contributed by atoms with Crippen molar-refractivity contribution in [2.45, 2.75) is 11.3 Å². The third-order valence-electron chi connectivity index (χ3n) is 3.27. The lowest BCUT2D eigenvalue weighted by Crippen LogP contribution is -2.34. The van der Waals surface area contributed by atoms with Crippen LogP contribution in [0.3, 0.4) is 0 Å². The molecule has 0 radical (unpaired) electrons. The minimum absolute atomic E-state index is 0.0685. The summed E-state index contributed by atoms with van der Waals surface area (Å²) in [6.07, 6.45) is 0.140. The van der Waals surface area contributed by atoms with Crippen LogP contribution >= 0.6 is 11.8 Å². The van der Waals surface area contributed by atoms with Gasteiger partial charge in [0.2, 0.25) is 5.91 Å². The van der Waals surface area contributed by atoms with Crippen LogP contribution < -0.4 is 5.32 Å². The first-order chi connectivity index (χ1) is 13.0. The highest BCUT2D eigenvalue weighted by Gasteiger charge is 2.14. The molecule has 1 N–H and O–H groups in total. The third kappa shape index (κ3) is 6.90. The SMILES string of the molecule is O=C(CCSc1ccccc1)NC(=O)COC(=O)c1ccc([N+](=O)[O-])cc1. The maximum absolute atomic E-state index is 11.8. The zero-order valence-electron chi connectivity index (χ0n) is 14.1. The molecule has 0 spiro atoms. The van der Waals surface area contributed by atoms with Gasteiger partial charge >= 0.3 is 5.97 Å². The van der Waals surface area contributed by atoms with E-state index >= 15 is 0 Å². The van der Waals surface area contributed by atoms with Gasteiger partial charge in [0.1, 0.15) is 0 Å². The fourth-order valence-electron chi connectivity index (χ4n) is 1.97. The number of nitrogens with one attached hydrogen (secondary N) is 1. The first kappa shape index (κ1) is 20.1. The highest BCUT2D eigenvalue weighted by molar-refractivity contribution is 7.99. The molecule has 0 saturated heterocycles. The van der Waals surface area contributed by atoms with E-state index in [4.69, 9.17) is 4.74 Å². The molecule has 0 fully saturated rings. The lowest BCUT2D eigenvalue weighted by molar-refractivity contribution is -0.384. The minimum atomic E-state index is -0.813. The number of hydrogen-bond donors (Lipinski definition) is 1. The maximum Gasteiger partial charge on any atom is 0.338 e. The van der Waals surface area contributed by atoms with Crippen molar-refractivity contribution in [3.8, 4) is 0 Å². The topological polar surface area (TPSA) is 116 Å². The van der Waals surface area contributed by atoms with E-state index < -0.39 is 29.3 Å². The number of esters is 1. The van der Waals surface area contributed by atoms with Gasteiger partial charge in [-0.1, -0.05) is 18.2 Å². The second-order valence-electron chi connectivity index (χ2n) is 5.26. The molecule has 0 heterocycles. The molecule has 8 nitrogen and oxygen atoms in total. The van der Waals surface area contributed by atoms with Gasteiger partial charge in [0.05, 0.1) is 10.5 Å². The number of benzene rings is 2. The fourth-order valence-corrected chi connectivity index (χ4v) is 2.84. The number of non-ortho nitro benzene ring substituents is 1. The Morgan fingerprint density at radius 3 is 2.30 bits per heavy atom. The molecule has 0 aliphatic rings. The Kier molecular flexibility index (Phi) is 7.50. The van der Waals surface area contributed by atoms with E-state index in [1.807, 2.05) is 30.3 Å². The van der Waals surface area contributed by atoms with E-state index in [2.05, 4.69) is 5.32 Å². The van der Waals surface area contributed by atoms with E-state index in [0.717, 1.165) is 17.0 Å². The molecule has 2 amide bonds. The van der Waals surface area contributed by atoms with Gasteiger partial charge in [-0.2, -0.15) is 0 Å². The van der Waals surface area contributed by atoms with Gasteiger partial charge in [0, 0.05) is 29.2 Å². The van der Waals surface area contributed by atoms with Crippen molar-refractivity contribution in [2.75, 3.05) is 12.4 Å². The van der Waals surface area contributed by atoms with Crippen LogP contribution in [0.1, 0.15) is 16.8 Å². The molecule has 0 aliphatic carbocycles. The summed E-state index contributed by atoms with van der Waals surface area (Å²) < 4.78 is 4.79. The number of nitro groups is 1. The van der Waals surface area contributed by atoms with Gasteiger partial charge in [0.25, 0.3) is 11.6 Å². The van der Waals surface area contributed by atoms with Crippen LogP contribution in [0.15, 0.2) is 59.5 Å². The predicted octanol–water partition coefficient (Wildman–Crippen LogP) is 2.58. The Hall–Kier alpha value is -3.20. The third-order valence-corrected chi connectivity index (χ3v) is 4.28. The second kappa shape index (κ2) is 10.1. The maximum atomic E-state index is 11.8. The highest BCUT2D eigenvalue weighted by atomic mass is 32.2. The molecule has 0 aromatic heterocycles. The fraction of sp³-hybridized carbons (Fsp3) is 0.167. The van der Waals surface area contributed by atoms with Gasteiger partial charge < -0.3 is 4.74 Å². The van der Waals surface area contributed by atoms with Crippen molar-refractivity contribution in [2.24, 2.45) is 0 Å². The number of amides is 2. The average Bonchev–Trinajstić information content (AvgIpc) is 2.67. The van der Waals surface area contributed by atoms with Crippen molar-refractivity contribution in [3.63, 3.8) is 0 Å². The van der Waals surface area contributed by atoms with Gasteiger partial charge in [-0.3, -0.25) is 25.0 Å². The largest absolute Gasteiger partial charge is 0.452 e. The summed E-state index contributed by atoms with van der Waals surface area (Å²) in [6, 6.07) is 14.3. The molecule has 140 valence electrons. The van der Waals surface area contributed by atoms with Crippen molar-refractivity contribution < 1.29 is 24.0 Å². The van der Waals surface area contributed by atoms with E-state index in [1.54, 1.807) is 0 Å². The number of hydrogen-bond acceptors (Lipinski definition) is 7. The van der Waals surface area contributed by atoms with Crippen LogP contribution in [-0.2, 0) is 14.3 Å². The van der Waals surface area contributed by atoms with Crippen LogP contribution in [0, 0.1) is 10.1 Å². The Balaban J connectivity index is 1.69. The predicted molar refractivity (Wildman–Crippen MR) is 98.3 cm³/mol. The molecular formula is C18H16N2O6S. The van der Waals surface area contributed by atoms with Crippen LogP contribution in [0.4, 0.5) is 5.69 Å². The number of carbonyl (C=O) groups excluding carboxylic acids is 3. The summed E-state index contributed by atoms with van der Waals surface area (Å²) in [7, 11) is 0. The first-order valence-electron chi connectivity index (χ1n) is 7.88. The highest BCUT2D eigenvalue weighted by Crippen LogP contribution is 2.17. The van der Waals surface area contributed by atoms with Gasteiger partial charge in [-0.05, 0) is 24.3 Å². The molecule has 2 aromatic rings. The number of carbonyl (C=O) groups is 3. The summed E-state index contributed by atoms with van der Waals surface area (Å²) in [6.45, 7) is -0.618. The van der Waals surface area contributed by atoms with E-state index in [-0.39, 0.29) is 17.7 Å². The van der Waals surface area contributed by atoms with Crippen molar-refractivity contribution in [3.05, 3.63) is 70.3 Å². The Bertz CT molecular complexity index is 824. The Labute approximate surface area is 159 Å². The van der Waals surface area contributed by atoms with Crippen LogP contribution in [0.2, 0.25) is 0 Å². The number of rotatable bonds is 8. The van der Waals surface area contributed by atoms with Gasteiger partial charge in [-0.25, -0.2) is 4.79 Å². The molecule has 0 bridgehead atoms. The van der Waals surface area contributed by atoms with E-state index in [0.29, 0.717) is 5.75 Å². The Morgan fingerprint density at radius 1 is 1.00 bits per heavy atom. The second-order valence-corrected chi connectivity index (χ2v) is 6.43. The molecule has 0 aliphatic heterocycles. The summed E-state index contributed by atoms with van der Waals surface area (Å²) in [5, 5.41) is 12.7. The van der Waals surface area contributed by atoms with Crippen LogP contribution in [0.25, 0.3) is 0 Å². The van der Waals surface area contributed by atoms with Gasteiger partial charge in [0.15, 0.2) is 6.61 Å². The number of imide groups is 1. The molecule has 0 saturated carbocycles. The summed E-state index contributed by atoms with van der Waals surface area (Å²) in [5.74, 6) is -1.51. The quantitative estimate of drug-likeness (QED) is 0.320. The number of nitro benzene ring substituents is 1. The monoisotopic (exact) mass is 388 g/mol. The lowest BCUT2D eigenvalue weighted by atomic mass is 10.2. The van der Waals surface area contributed by atoms with E-state index in [9.17, 15) is 24.5 Å². The molecule has 2 rings (SSSR count). The molecule has 27 heavy (non-hydrogen) atoms. The molecule has 0 unspecified atom stereocenters. The zero-order chi connectivity index (χ0) is 19.6. The molecular weight excluding hydrogens is 372 g/mol. The zero-order valence-corrected chi connectivity index (χ0v) is 14.9. The summed E-state index contributed by atoms with van der Waals surface area (Å²) >= 11 is 1.49. The summed E-state index contributed by atoms with van der Waals surface area (Å²) in [5.41, 5.74) is -0.0951. The van der Waals surface area contributed by atoms with Crippen LogP contribution in [-0.4, -0.2) is 35.1 Å². The number of ether oxygens (including phenoxy) is 1. The van der Waals surface area contributed by atoms with Crippen LogP contribution in [0.5, 0.6) is 0 Å². The molecule has 9 heteroatoms. The summed E-state index contributed by atoms with van der Waals surface area (Å²) in [4.78, 5) is 46.1. The molecule has 2 aromatic carbocycles. The standard InChI is InChI=1S/C18H16N2O6S/c21-16(10-11-27-15-4-2-1-3-5-15)19-17(22)12-26-18(23)13-6-8-14(9-7-13)20(24)25/h1-9H,10-12H2,(H,19,21,22). The number of nitrogens with zero attached hydrogens (tertiary/aromatic N) is 1. The smallest absolute Gasteiger partial charge is 0.338 e.